The third-order valence-corrected chi connectivity index (χ3v) is 6.35. The summed E-state index contributed by atoms with van der Waals surface area (Å²) in [5.74, 6) is 0.124. The number of aryl methyl sites for hydroxylation is 2. The van der Waals surface area contributed by atoms with Gasteiger partial charge in [-0.05, 0) is 75.4 Å². The van der Waals surface area contributed by atoms with Gasteiger partial charge in [0, 0.05) is 29.3 Å². The van der Waals surface area contributed by atoms with Gasteiger partial charge in [-0.15, -0.1) is 0 Å². The topological polar surface area (TPSA) is 88.0 Å². The number of hydrogen-bond donors (Lipinski definition) is 1. The predicted molar refractivity (Wildman–Crippen MR) is 120 cm³/mol. The predicted octanol–water partition coefficient (Wildman–Crippen LogP) is 4.77. The van der Waals surface area contributed by atoms with E-state index in [1.165, 1.54) is 18.4 Å². The van der Waals surface area contributed by atoms with Crippen molar-refractivity contribution in [3.63, 3.8) is 0 Å². The zero-order valence-electron chi connectivity index (χ0n) is 18.5. The molecule has 1 aliphatic heterocycles. The highest BCUT2D eigenvalue weighted by Gasteiger charge is 2.35. The molecule has 7 nitrogen and oxygen atoms in total. The minimum Gasteiger partial charge on any atom is -0.459 e. The first-order valence-corrected chi connectivity index (χ1v) is 11.1. The number of carbonyl (C=O) groups excluding carboxylic acids is 2. The number of nitrogens with zero attached hydrogens (tertiary/aromatic N) is 2. The van der Waals surface area contributed by atoms with Crippen molar-refractivity contribution in [2.24, 2.45) is 5.10 Å². The molecule has 3 aromatic rings. The number of hydrazone groups is 1. The molecule has 0 spiro atoms. The lowest BCUT2D eigenvalue weighted by Gasteiger charge is -2.34. The Balaban J connectivity index is 1.47. The van der Waals surface area contributed by atoms with Gasteiger partial charge in [-0.3, -0.25) is 9.59 Å². The number of furan rings is 2. The monoisotopic (exact) mass is 449 g/mol. The van der Waals surface area contributed by atoms with Crippen LogP contribution in [0.15, 0.2) is 50.5 Å². The van der Waals surface area contributed by atoms with Crippen molar-refractivity contribution < 1.29 is 22.8 Å². The summed E-state index contributed by atoms with van der Waals surface area (Å²) in [6.07, 6.45) is 5.02. The molecule has 0 radical (unpaired) electrons. The van der Waals surface area contributed by atoms with Crippen molar-refractivity contribution in [1.29, 1.82) is 0 Å². The molecular weight excluding hydrogens is 425 g/mol. The van der Waals surface area contributed by atoms with Gasteiger partial charge in [0.15, 0.2) is 11.5 Å². The number of anilines is 1. The van der Waals surface area contributed by atoms with Crippen molar-refractivity contribution in [2.45, 2.75) is 52.0 Å². The molecule has 2 amide bonds. The number of hydrogen-bond acceptors (Lipinski definition) is 5. The molecule has 0 fully saturated rings. The molecule has 1 N–H and O–H groups in total. The van der Waals surface area contributed by atoms with Gasteiger partial charge in [-0.2, -0.15) is 5.10 Å². The molecule has 0 saturated carbocycles. The zero-order valence-corrected chi connectivity index (χ0v) is 18.5. The summed E-state index contributed by atoms with van der Waals surface area (Å²) in [4.78, 5) is 27.6. The van der Waals surface area contributed by atoms with Gasteiger partial charge in [-0.1, -0.05) is 0 Å². The number of nitrogens with one attached hydrogen (secondary N) is 1. The molecule has 5 rings (SSSR count). The van der Waals surface area contributed by atoms with E-state index in [4.69, 9.17) is 8.83 Å². The Hall–Kier alpha value is -3.68. The van der Waals surface area contributed by atoms with E-state index in [1.807, 2.05) is 13.8 Å². The highest BCUT2D eigenvalue weighted by molar-refractivity contribution is 6.11. The van der Waals surface area contributed by atoms with Crippen LogP contribution >= 0.6 is 0 Å². The third kappa shape index (κ3) is 3.75. The third-order valence-electron chi connectivity index (χ3n) is 6.35. The quantitative estimate of drug-likeness (QED) is 0.584. The van der Waals surface area contributed by atoms with E-state index in [2.05, 4.69) is 10.5 Å². The maximum Gasteiger partial charge on any atom is 0.307 e. The maximum atomic E-state index is 13.8. The molecule has 170 valence electrons. The summed E-state index contributed by atoms with van der Waals surface area (Å²) in [7, 11) is 0. The lowest BCUT2D eigenvalue weighted by molar-refractivity contribution is 0.0924. The second kappa shape index (κ2) is 8.35. The largest absolute Gasteiger partial charge is 0.459 e. The van der Waals surface area contributed by atoms with Gasteiger partial charge in [0.05, 0.1) is 12.0 Å². The van der Waals surface area contributed by atoms with Crippen LogP contribution in [0.4, 0.5) is 10.1 Å². The molecule has 0 saturated heterocycles. The lowest BCUT2D eigenvalue weighted by Crippen LogP contribution is -2.42. The van der Waals surface area contributed by atoms with Crippen molar-refractivity contribution in [3.8, 4) is 0 Å². The van der Waals surface area contributed by atoms with Crippen molar-refractivity contribution in [1.82, 2.24) is 5.43 Å². The van der Waals surface area contributed by atoms with Crippen LogP contribution in [0.3, 0.4) is 0 Å². The molecule has 8 heteroatoms. The zero-order chi connectivity index (χ0) is 23.1. The second-order valence-electron chi connectivity index (χ2n) is 8.52. The number of halogens is 1. The molecule has 1 aliphatic carbocycles. The number of benzene rings is 1. The highest BCUT2D eigenvalue weighted by atomic mass is 19.1. The lowest BCUT2D eigenvalue weighted by atomic mass is 9.92. The Labute approximate surface area is 190 Å². The minimum atomic E-state index is -0.442. The van der Waals surface area contributed by atoms with Crippen LogP contribution in [-0.2, 0) is 12.8 Å². The van der Waals surface area contributed by atoms with Crippen molar-refractivity contribution in [3.05, 3.63) is 76.4 Å². The van der Waals surface area contributed by atoms with Crippen LogP contribution in [0, 0.1) is 12.7 Å². The van der Waals surface area contributed by atoms with E-state index >= 15 is 0 Å². The minimum absolute atomic E-state index is 0.0438. The van der Waals surface area contributed by atoms with E-state index in [1.54, 1.807) is 23.1 Å². The Kier molecular flexibility index (Phi) is 5.36. The van der Waals surface area contributed by atoms with E-state index < -0.39 is 5.91 Å². The fraction of sp³-hybridized carbons (Fsp3) is 0.320. The average molecular weight is 449 g/mol. The van der Waals surface area contributed by atoms with Gasteiger partial charge < -0.3 is 13.7 Å². The average Bonchev–Trinajstić information content (AvgIpc) is 3.46. The van der Waals surface area contributed by atoms with Gasteiger partial charge in [0.2, 0.25) is 0 Å². The Morgan fingerprint density at radius 2 is 2.06 bits per heavy atom. The number of fused-ring (bicyclic) bond motifs is 2. The molecule has 2 aromatic heterocycles. The van der Waals surface area contributed by atoms with E-state index in [0.29, 0.717) is 35.6 Å². The Bertz CT molecular complexity index is 1260. The van der Waals surface area contributed by atoms with Crippen LogP contribution in [0.25, 0.3) is 0 Å². The molecule has 1 unspecified atom stereocenters. The molecule has 0 bridgehead atoms. The van der Waals surface area contributed by atoms with Crippen LogP contribution in [0.1, 0.15) is 69.7 Å². The van der Waals surface area contributed by atoms with Gasteiger partial charge in [-0.25, -0.2) is 9.82 Å². The fourth-order valence-electron chi connectivity index (χ4n) is 4.70. The second-order valence-corrected chi connectivity index (χ2v) is 8.52. The van der Waals surface area contributed by atoms with Crippen LogP contribution in [0.2, 0.25) is 0 Å². The fourth-order valence-corrected chi connectivity index (χ4v) is 4.70. The van der Waals surface area contributed by atoms with Crippen LogP contribution in [-0.4, -0.2) is 23.6 Å². The molecule has 1 aromatic carbocycles. The van der Waals surface area contributed by atoms with Crippen LogP contribution in [0.5, 0.6) is 0 Å². The summed E-state index contributed by atoms with van der Waals surface area (Å²) in [5.41, 5.74) is 6.21. The summed E-state index contributed by atoms with van der Waals surface area (Å²) >= 11 is 0. The first-order valence-electron chi connectivity index (χ1n) is 11.1. The van der Waals surface area contributed by atoms with Gasteiger partial charge in [0.1, 0.15) is 11.6 Å². The normalized spacial score (nSPS) is 18.7. The van der Waals surface area contributed by atoms with Crippen molar-refractivity contribution in [2.75, 3.05) is 4.90 Å². The summed E-state index contributed by atoms with van der Waals surface area (Å²) in [5, 5.41) is 4.32. The molecule has 1 atom stereocenters. The van der Waals surface area contributed by atoms with Gasteiger partial charge in [0.25, 0.3) is 5.91 Å². The van der Waals surface area contributed by atoms with E-state index in [0.717, 1.165) is 30.4 Å². The maximum absolute atomic E-state index is 13.8. The molecular formula is C25H24FN3O4. The van der Waals surface area contributed by atoms with Crippen molar-refractivity contribution >= 4 is 23.2 Å². The number of amides is 2. The number of rotatable bonds is 3. The first kappa shape index (κ1) is 21.2. The molecule has 33 heavy (non-hydrogen) atoms. The Morgan fingerprint density at radius 3 is 2.85 bits per heavy atom. The molecule has 2 aliphatic rings. The first-order chi connectivity index (χ1) is 15.9. The number of carbonyl (C=O) groups is 2. The SMILES string of the molecule is Cc1c(C(=O)N2c3ccc(F)cc3CCC2C)oc2c1/C(=N/NC(=O)c1ccco1)CCC2. The standard InChI is InChI=1S/C25H24FN3O4/c1-14-8-9-16-13-17(26)10-11-19(16)29(14)25(31)23-15(2)22-18(5-3-6-20(22)33-23)27-28-24(30)21-7-4-12-32-21/h4,7,10-14H,3,5-6,8-9H2,1-2H3,(H,28,30)/b27-18+. The summed E-state index contributed by atoms with van der Waals surface area (Å²) in [6, 6.07) is 7.68. The summed E-state index contributed by atoms with van der Waals surface area (Å²) < 4.78 is 24.9. The van der Waals surface area contributed by atoms with E-state index in [9.17, 15) is 14.0 Å². The summed E-state index contributed by atoms with van der Waals surface area (Å²) in [6.45, 7) is 3.82. The smallest absolute Gasteiger partial charge is 0.307 e. The van der Waals surface area contributed by atoms with Gasteiger partial charge >= 0.3 is 5.91 Å². The van der Waals surface area contributed by atoms with E-state index in [-0.39, 0.29) is 29.3 Å². The molecule has 3 heterocycles. The highest BCUT2D eigenvalue weighted by Crippen LogP contribution is 2.36. The van der Waals surface area contributed by atoms with Crippen LogP contribution < -0.4 is 10.3 Å². The Morgan fingerprint density at radius 1 is 1.21 bits per heavy atom.